The van der Waals surface area contributed by atoms with Gasteiger partial charge in [0.2, 0.25) is 0 Å². The molecule has 2 heterocycles. The summed E-state index contributed by atoms with van der Waals surface area (Å²) in [6.45, 7) is 3.13. The van der Waals surface area contributed by atoms with Crippen molar-refractivity contribution in [2.24, 2.45) is 10.7 Å². The minimum Gasteiger partial charge on any atom is -0.370 e. The van der Waals surface area contributed by atoms with Gasteiger partial charge in [0, 0.05) is 18.3 Å². The lowest BCUT2D eigenvalue weighted by Gasteiger charge is -2.23. The van der Waals surface area contributed by atoms with E-state index in [1.807, 2.05) is 0 Å². The van der Waals surface area contributed by atoms with Crippen LogP contribution in [0.3, 0.4) is 0 Å². The van der Waals surface area contributed by atoms with Crippen molar-refractivity contribution in [1.82, 2.24) is 4.90 Å². The Hall–Kier alpha value is -0.380. The number of nitrogens with zero attached hydrogens (tertiary/aromatic N) is 2. The molecule has 0 saturated carbocycles. The number of likely N-dealkylation sites (tertiary alicyclic amines) is 1. The van der Waals surface area contributed by atoms with Crippen molar-refractivity contribution in [3.05, 3.63) is 0 Å². The van der Waals surface area contributed by atoms with E-state index in [1.165, 1.54) is 50.7 Å². The second-order valence-corrected chi connectivity index (χ2v) is 6.50. The molecule has 1 atom stereocenters. The summed E-state index contributed by atoms with van der Waals surface area (Å²) < 4.78 is 0. The zero-order valence-electron chi connectivity index (χ0n) is 10.7. The molecule has 0 bridgehead atoms. The topological polar surface area (TPSA) is 41.6 Å². The van der Waals surface area contributed by atoms with Crippen LogP contribution in [-0.4, -0.2) is 41.5 Å². The second kappa shape index (κ2) is 7.14. The van der Waals surface area contributed by atoms with Crippen molar-refractivity contribution < 1.29 is 0 Å². The van der Waals surface area contributed by atoms with E-state index < -0.39 is 0 Å². The zero-order chi connectivity index (χ0) is 11.9. The lowest BCUT2D eigenvalue weighted by Crippen LogP contribution is -2.38. The summed E-state index contributed by atoms with van der Waals surface area (Å²) >= 11 is 2.07. The van der Waals surface area contributed by atoms with Gasteiger partial charge in [-0.2, -0.15) is 11.8 Å². The van der Waals surface area contributed by atoms with Gasteiger partial charge in [-0.3, -0.25) is 4.99 Å². The van der Waals surface area contributed by atoms with Gasteiger partial charge in [0.1, 0.15) is 0 Å². The quantitative estimate of drug-likeness (QED) is 0.609. The standard InChI is InChI=1S/C13H25N3S/c14-13(16-8-4-1-2-5-9-16)15-11-12-7-3-6-10-17-12/h12H,1-11H2,(H2,14,15). The van der Waals surface area contributed by atoms with Crippen molar-refractivity contribution in [2.45, 2.75) is 50.2 Å². The number of guanidine groups is 1. The molecule has 2 aliphatic heterocycles. The number of hydrogen-bond acceptors (Lipinski definition) is 2. The lowest BCUT2D eigenvalue weighted by molar-refractivity contribution is 0.428. The van der Waals surface area contributed by atoms with Gasteiger partial charge in [-0.05, 0) is 31.4 Å². The first-order valence-electron chi connectivity index (χ1n) is 7.03. The maximum absolute atomic E-state index is 6.10. The van der Waals surface area contributed by atoms with Gasteiger partial charge in [-0.1, -0.05) is 19.3 Å². The van der Waals surface area contributed by atoms with E-state index in [2.05, 4.69) is 21.7 Å². The first-order chi connectivity index (χ1) is 8.36. The summed E-state index contributed by atoms with van der Waals surface area (Å²) in [5, 5.41) is 0.717. The SMILES string of the molecule is NC(=NCC1CCCCS1)N1CCCCCC1. The highest BCUT2D eigenvalue weighted by atomic mass is 32.2. The smallest absolute Gasteiger partial charge is 0.191 e. The molecule has 3 nitrogen and oxygen atoms in total. The van der Waals surface area contributed by atoms with Crippen molar-refractivity contribution >= 4 is 17.7 Å². The normalized spacial score (nSPS) is 27.9. The lowest BCUT2D eigenvalue weighted by atomic mass is 10.2. The minimum atomic E-state index is 0.717. The molecule has 98 valence electrons. The second-order valence-electron chi connectivity index (χ2n) is 5.09. The molecule has 0 aliphatic carbocycles. The van der Waals surface area contributed by atoms with Crippen molar-refractivity contribution in [3.63, 3.8) is 0 Å². The molecule has 2 aliphatic rings. The molecule has 2 saturated heterocycles. The van der Waals surface area contributed by atoms with Gasteiger partial charge >= 0.3 is 0 Å². The fraction of sp³-hybridized carbons (Fsp3) is 0.923. The maximum Gasteiger partial charge on any atom is 0.191 e. The van der Waals surface area contributed by atoms with E-state index in [1.54, 1.807) is 0 Å². The molecule has 4 heteroatoms. The molecule has 0 spiro atoms. The fourth-order valence-corrected chi connectivity index (χ4v) is 3.76. The summed E-state index contributed by atoms with van der Waals surface area (Å²) in [5.41, 5.74) is 6.10. The first-order valence-corrected chi connectivity index (χ1v) is 8.07. The zero-order valence-corrected chi connectivity index (χ0v) is 11.6. The Kier molecular flexibility index (Phi) is 5.49. The van der Waals surface area contributed by atoms with E-state index >= 15 is 0 Å². The van der Waals surface area contributed by atoms with Gasteiger partial charge in [0.05, 0.1) is 6.54 Å². The molecule has 17 heavy (non-hydrogen) atoms. The Morgan fingerprint density at radius 3 is 2.53 bits per heavy atom. The number of rotatable bonds is 2. The number of nitrogens with two attached hydrogens (primary N) is 1. The van der Waals surface area contributed by atoms with Crippen LogP contribution < -0.4 is 5.73 Å². The van der Waals surface area contributed by atoms with E-state index in [0.717, 1.165) is 25.6 Å². The molecule has 1 unspecified atom stereocenters. The summed E-state index contributed by atoms with van der Waals surface area (Å²) in [4.78, 5) is 6.89. The third-order valence-electron chi connectivity index (χ3n) is 3.66. The monoisotopic (exact) mass is 255 g/mol. The summed E-state index contributed by atoms with van der Waals surface area (Å²) in [6.07, 6.45) is 9.32. The van der Waals surface area contributed by atoms with E-state index in [9.17, 15) is 0 Å². The van der Waals surface area contributed by atoms with Crippen LogP contribution in [-0.2, 0) is 0 Å². The van der Waals surface area contributed by atoms with Crippen LogP contribution in [0.25, 0.3) is 0 Å². The van der Waals surface area contributed by atoms with Crippen molar-refractivity contribution in [2.75, 3.05) is 25.4 Å². The van der Waals surface area contributed by atoms with Gasteiger partial charge in [0.15, 0.2) is 5.96 Å². The number of hydrogen-bond donors (Lipinski definition) is 1. The predicted octanol–water partition coefficient (Wildman–Crippen LogP) is 2.46. The molecule has 0 aromatic carbocycles. The van der Waals surface area contributed by atoms with E-state index in [4.69, 9.17) is 5.73 Å². The van der Waals surface area contributed by atoms with Crippen LogP contribution in [0.5, 0.6) is 0 Å². The van der Waals surface area contributed by atoms with E-state index in [-0.39, 0.29) is 0 Å². The third kappa shape index (κ3) is 4.41. The maximum atomic E-state index is 6.10. The van der Waals surface area contributed by atoms with Gasteiger partial charge in [-0.25, -0.2) is 0 Å². The molecule has 0 aromatic rings. The van der Waals surface area contributed by atoms with Crippen LogP contribution in [0.15, 0.2) is 4.99 Å². The molecule has 2 N–H and O–H groups in total. The Labute approximate surface area is 109 Å². The van der Waals surface area contributed by atoms with Gasteiger partial charge in [-0.15, -0.1) is 0 Å². The average molecular weight is 255 g/mol. The van der Waals surface area contributed by atoms with E-state index in [0.29, 0.717) is 5.25 Å². The summed E-state index contributed by atoms with van der Waals surface area (Å²) in [7, 11) is 0. The molecule has 0 aromatic heterocycles. The highest BCUT2D eigenvalue weighted by molar-refractivity contribution is 7.99. The Morgan fingerprint density at radius 2 is 1.88 bits per heavy atom. The van der Waals surface area contributed by atoms with Crippen molar-refractivity contribution in [1.29, 1.82) is 0 Å². The molecular weight excluding hydrogens is 230 g/mol. The van der Waals surface area contributed by atoms with Gasteiger partial charge < -0.3 is 10.6 Å². The minimum absolute atomic E-state index is 0.717. The predicted molar refractivity (Wildman–Crippen MR) is 76.6 cm³/mol. The summed E-state index contributed by atoms with van der Waals surface area (Å²) in [5.74, 6) is 2.10. The number of thioether (sulfide) groups is 1. The highest BCUT2D eigenvalue weighted by Gasteiger charge is 2.15. The van der Waals surface area contributed by atoms with Gasteiger partial charge in [0.25, 0.3) is 0 Å². The largest absolute Gasteiger partial charge is 0.370 e. The van der Waals surface area contributed by atoms with Crippen LogP contribution in [0.4, 0.5) is 0 Å². The molecule has 2 fully saturated rings. The summed E-state index contributed by atoms with van der Waals surface area (Å²) in [6, 6.07) is 0. The highest BCUT2D eigenvalue weighted by Crippen LogP contribution is 2.25. The van der Waals surface area contributed by atoms with Crippen LogP contribution in [0.2, 0.25) is 0 Å². The third-order valence-corrected chi connectivity index (χ3v) is 5.04. The average Bonchev–Trinajstić information content (AvgIpc) is 2.66. The first kappa shape index (κ1) is 13.1. The molecule has 2 rings (SSSR count). The van der Waals surface area contributed by atoms with Crippen LogP contribution >= 0.6 is 11.8 Å². The Morgan fingerprint density at radius 1 is 1.12 bits per heavy atom. The molecular formula is C13H25N3S. The Bertz CT molecular complexity index is 241. The Balaban J connectivity index is 1.78. The number of aliphatic imine (C=N–C) groups is 1. The molecule has 0 amide bonds. The fourth-order valence-electron chi connectivity index (χ4n) is 2.55. The van der Waals surface area contributed by atoms with Crippen LogP contribution in [0, 0.1) is 0 Å². The van der Waals surface area contributed by atoms with Crippen molar-refractivity contribution in [3.8, 4) is 0 Å². The van der Waals surface area contributed by atoms with Crippen LogP contribution in [0.1, 0.15) is 44.9 Å². The molecule has 0 radical (unpaired) electrons.